The molecule has 2 N–H and O–H groups in total. The Labute approximate surface area is 110 Å². The van der Waals surface area contributed by atoms with Crippen LogP contribution in [0.25, 0.3) is 0 Å². The summed E-state index contributed by atoms with van der Waals surface area (Å²) in [6.45, 7) is 2.01. The van der Waals surface area contributed by atoms with Crippen molar-refractivity contribution in [2.45, 2.75) is 63.3 Å². The lowest BCUT2D eigenvalue weighted by Gasteiger charge is -2.42. The van der Waals surface area contributed by atoms with Crippen LogP contribution in [0.3, 0.4) is 0 Å². The molecule has 2 bridgehead atoms. The monoisotopic (exact) mass is 250 g/mol. The quantitative estimate of drug-likeness (QED) is 0.817. The number of nitrogens with two attached hydrogens (primary N) is 1. The van der Waals surface area contributed by atoms with E-state index in [9.17, 15) is 4.79 Å². The maximum Gasteiger partial charge on any atom is 0.224 e. The van der Waals surface area contributed by atoms with E-state index in [2.05, 4.69) is 4.90 Å². The van der Waals surface area contributed by atoms with E-state index in [0.29, 0.717) is 12.3 Å². The van der Waals surface area contributed by atoms with E-state index in [1.807, 2.05) is 0 Å². The molecule has 1 amide bonds. The van der Waals surface area contributed by atoms with Crippen LogP contribution in [0.1, 0.15) is 57.8 Å². The molecule has 3 nitrogen and oxygen atoms in total. The lowest BCUT2D eigenvalue weighted by Crippen LogP contribution is -2.49. The number of carbonyl (C=O) groups excluding carboxylic acids is 1. The van der Waals surface area contributed by atoms with Crippen LogP contribution in [-0.4, -0.2) is 29.4 Å². The first kappa shape index (κ1) is 12.5. The van der Waals surface area contributed by atoms with Gasteiger partial charge in [0.15, 0.2) is 0 Å². The third kappa shape index (κ3) is 2.56. The van der Waals surface area contributed by atoms with Crippen molar-refractivity contribution in [2.24, 2.45) is 17.6 Å². The molecule has 0 aromatic heterocycles. The van der Waals surface area contributed by atoms with Gasteiger partial charge in [0.25, 0.3) is 0 Å². The van der Waals surface area contributed by atoms with Crippen LogP contribution < -0.4 is 5.73 Å². The highest BCUT2D eigenvalue weighted by molar-refractivity contribution is 5.77. The lowest BCUT2D eigenvalue weighted by molar-refractivity contribution is -0.136. The van der Waals surface area contributed by atoms with E-state index in [1.165, 1.54) is 38.5 Å². The SMILES string of the molecule is NC1(CC(=O)N2CC3CCCC(C3)C2)CCCC1. The Morgan fingerprint density at radius 3 is 2.33 bits per heavy atom. The Hall–Kier alpha value is -0.570. The third-order valence-electron chi connectivity index (χ3n) is 5.30. The fraction of sp³-hybridized carbons (Fsp3) is 0.933. The molecule has 1 saturated heterocycles. The minimum absolute atomic E-state index is 0.177. The number of amides is 1. The molecule has 1 heterocycles. The second kappa shape index (κ2) is 4.84. The van der Waals surface area contributed by atoms with Crippen LogP contribution >= 0.6 is 0 Å². The number of likely N-dealkylation sites (tertiary alicyclic amines) is 1. The molecule has 3 aliphatic rings. The summed E-state index contributed by atoms with van der Waals surface area (Å²) in [5.41, 5.74) is 6.16. The summed E-state index contributed by atoms with van der Waals surface area (Å²) in [4.78, 5) is 14.6. The second-order valence-corrected chi connectivity index (χ2v) is 6.94. The molecule has 3 heteroatoms. The van der Waals surface area contributed by atoms with Gasteiger partial charge in [-0.3, -0.25) is 4.79 Å². The highest BCUT2D eigenvalue weighted by atomic mass is 16.2. The van der Waals surface area contributed by atoms with Crippen LogP contribution in [0.15, 0.2) is 0 Å². The normalized spacial score (nSPS) is 34.6. The van der Waals surface area contributed by atoms with Crippen molar-refractivity contribution in [3.8, 4) is 0 Å². The molecule has 0 aromatic rings. The Morgan fingerprint density at radius 1 is 1.11 bits per heavy atom. The molecule has 3 rings (SSSR count). The molecule has 0 spiro atoms. The van der Waals surface area contributed by atoms with Crippen LogP contribution in [0.2, 0.25) is 0 Å². The number of hydrogen-bond acceptors (Lipinski definition) is 2. The van der Waals surface area contributed by atoms with Crippen molar-refractivity contribution in [3.63, 3.8) is 0 Å². The zero-order valence-corrected chi connectivity index (χ0v) is 11.4. The fourth-order valence-electron chi connectivity index (χ4n) is 4.30. The molecule has 18 heavy (non-hydrogen) atoms. The van der Waals surface area contributed by atoms with Gasteiger partial charge in [-0.15, -0.1) is 0 Å². The first-order valence-electron chi connectivity index (χ1n) is 7.71. The highest BCUT2D eigenvalue weighted by Crippen LogP contribution is 2.36. The van der Waals surface area contributed by atoms with Gasteiger partial charge in [-0.2, -0.15) is 0 Å². The summed E-state index contributed by atoms with van der Waals surface area (Å²) < 4.78 is 0. The predicted octanol–water partition coefficient (Wildman–Crippen LogP) is 2.30. The second-order valence-electron chi connectivity index (χ2n) is 6.94. The van der Waals surface area contributed by atoms with Gasteiger partial charge in [0.1, 0.15) is 0 Å². The molecular formula is C15H26N2O. The van der Waals surface area contributed by atoms with Crippen molar-refractivity contribution in [1.29, 1.82) is 0 Å². The smallest absolute Gasteiger partial charge is 0.224 e. The van der Waals surface area contributed by atoms with Crippen molar-refractivity contribution in [1.82, 2.24) is 4.90 Å². The lowest BCUT2D eigenvalue weighted by atomic mass is 9.77. The van der Waals surface area contributed by atoms with Crippen molar-refractivity contribution < 1.29 is 4.79 Å². The van der Waals surface area contributed by atoms with Gasteiger partial charge < -0.3 is 10.6 Å². The Kier molecular flexibility index (Phi) is 3.35. The molecule has 2 atom stereocenters. The van der Waals surface area contributed by atoms with E-state index in [-0.39, 0.29) is 5.54 Å². The molecule has 2 aliphatic carbocycles. The van der Waals surface area contributed by atoms with Crippen LogP contribution in [0.5, 0.6) is 0 Å². The first-order valence-corrected chi connectivity index (χ1v) is 7.71. The summed E-state index contributed by atoms with van der Waals surface area (Å²) >= 11 is 0. The largest absolute Gasteiger partial charge is 0.342 e. The summed E-state index contributed by atoms with van der Waals surface area (Å²) in [5, 5.41) is 0. The van der Waals surface area contributed by atoms with Gasteiger partial charge in [-0.05, 0) is 43.9 Å². The molecule has 1 aliphatic heterocycles. The average molecular weight is 250 g/mol. The van der Waals surface area contributed by atoms with Gasteiger partial charge in [0.2, 0.25) is 5.91 Å². The van der Waals surface area contributed by atoms with Gasteiger partial charge in [-0.25, -0.2) is 0 Å². The number of carbonyl (C=O) groups is 1. The summed E-state index contributed by atoms with van der Waals surface area (Å²) in [7, 11) is 0. The zero-order chi connectivity index (χ0) is 12.6. The van der Waals surface area contributed by atoms with E-state index < -0.39 is 0 Å². The molecule has 3 fully saturated rings. The van der Waals surface area contributed by atoms with Crippen LogP contribution in [0.4, 0.5) is 0 Å². The number of piperidine rings is 1. The van der Waals surface area contributed by atoms with Gasteiger partial charge in [-0.1, -0.05) is 19.3 Å². The standard InChI is InChI=1S/C15H26N2O/c16-15(6-1-2-7-15)9-14(18)17-10-12-4-3-5-13(8-12)11-17/h12-13H,1-11,16H2. The highest BCUT2D eigenvalue weighted by Gasteiger charge is 2.37. The molecule has 2 saturated carbocycles. The van der Waals surface area contributed by atoms with Crippen molar-refractivity contribution in [2.75, 3.05) is 13.1 Å². The molecular weight excluding hydrogens is 224 g/mol. The molecule has 102 valence electrons. The average Bonchev–Trinajstić information content (AvgIpc) is 2.75. The minimum Gasteiger partial charge on any atom is -0.342 e. The van der Waals surface area contributed by atoms with Crippen LogP contribution in [-0.2, 0) is 4.79 Å². The maximum atomic E-state index is 12.4. The fourth-order valence-corrected chi connectivity index (χ4v) is 4.30. The Balaban J connectivity index is 1.59. The van der Waals surface area contributed by atoms with Crippen molar-refractivity contribution in [3.05, 3.63) is 0 Å². The number of fused-ring (bicyclic) bond motifs is 2. The molecule has 2 unspecified atom stereocenters. The van der Waals surface area contributed by atoms with Gasteiger partial charge in [0, 0.05) is 25.0 Å². The number of nitrogens with zero attached hydrogens (tertiary/aromatic N) is 1. The molecule has 0 radical (unpaired) electrons. The topological polar surface area (TPSA) is 46.3 Å². The predicted molar refractivity (Wildman–Crippen MR) is 72.0 cm³/mol. The third-order valence-corrected chi connectivity index (χ3v) is 5.30. The number of hydrogen-bond donors (Lipinski definition) is 1. The van der Waals surface area contributed by atoms with E-state index in [0.717, 1.165) is 37.8 Å². The van der Waals surface area contributed by atoms with Crippen LogP contribution in [0, 0.1) is 11.8 Å². The van der Waals surface area contributed by atoms with Gasteiger partial charge >= 0.3 is 0 Å². The molecule has 0 aromatic carbocycles. The van der Waals surface area contributed by atoms with Crippen molar-refractivity contribution >= 4 is 5.91 Å². The maximum absolute atomic E-state index is 12.4. The van der Waals surface area contributed by atoms with Gasteiger partial charge in [0.05, 0.1) is 0 Å². The Bertz CT molecular complexity index is 310. The minimum atomic E-state index is -0.177. The summed E-state index contributed by atoms with van der Waals surface area (Å²) in [6, 6.07) is 0. The summed E-state index contributed by atoms with van der Waals surface area (Å²) in [6.07, 6.45) is 10.5. The van der Waals surface area contributed by atoms with E-state index >= 15 is 0 Å². The van der Waals surface area contributed by atoms with E-state index in [1.54, 1.807) is 0 Å². The summed E-state index contributed by atoms with van der Waals surface area (Å²) in [5.74, 6) is 1.88. The Morgan fingerprint density at radius 2 is 1.72 bits per heavy atom. The first-order chi connectivity index (χ1) is 8.65. The van der Waals surface area contributed by atoms with E-state index in [4.69, 9.17) is 5.73 Å². The number of rotatable bonds is 2. The zero-order valence-electron chi connectivity index (χ0n) is 11.4.